The molecule has 0 aliphatic carbocycles. The highest BCUT2D eigenvalue weighted by Crippen LogP contribution is 2.52. The quantitative estimate of drug-likeness (QED) is 0.810. The van der Waals surface area contributed by atoms with Crippen LogP contribution in [0.3, 0.4) is 0 Å². The number of anilines is 2. The highest BCUT2D eigenvalue weighted by Gasteiger charge is 2.56. The Kier molecular flexibility index (Phi) is 2.55. The van der Waals surface area contributed by atoms with Crippen molar-refractivity contribution in [2.24, 2.45) is 0 Å². The van der Waals surface area contributed by atoms with Gasteiger partial charge in [-0.05, 0) is 29.8 Å². The number of carbonyl (C=O) groups is 1. The molecule has 22 heavy (non-hydrogen) atoms. The van der Waals surface area contributed by atoms with Gasteiger partial charge in [0, 0.05) is 37.5 Å². The van der Waals surface area contributed by atoms with Crippen LogP contribution in [-0.4, -0.2) is 27.1 Å². The fourth-order valence-corrected chi connectivity index (χ4v) is 3.87. The second-order valence-electron chi connectivity index (χ2n) is 5.97. The van der Waals surface area contributed by atoms with E-state index in [0.717, 1.165) is 28.3 Å². The second-order valence-corrected chi connectivity index (χ2v) is 5.97. The number of para-hydroxylation sites is 1. The lowest BCUT2D eigenvalue weighted by Crippen LogP contribution is -2.49. The number of nitrogens with zero attached hydrogens (tertiary/aromatic N) is 2. The minimum absolute atomic E-state index is 0.131. The molecular weight excluding hydrogens is 276 g/mol. The molecule has 2 aromatic carbocycles. The summed E-state index contributed by atoms with van der Waals surface area (Å²) in [7, 11) is 5.53. The monoisotopic (exact) mass is 294 g/mol. The number of ether oxygens (including phenoxy) is 1. The zero-order chi connectivity index (χ0) is 15.5. The van der Waals surface area contributed by atoms with Crippen molar-refractivity contribution in [3.05, 3.63) is 53.6 Å². The molecule has 1 amide bonds. The van der Waals surface area contributed by atoms with E-state index in [1.165, 1.54) is 0 Å². The number of carbonyl (C=O) groups excluding carboxylic acids is 1. The maximum atomic E-state index is 13.1. The summed E-state index contributed by atoms with van der Waals surface area (Å²) in [6, 6.07) is 14.1. The molecule has 2 aliphatic heterocycles. The van der Waals surface area contributed by atoms with Gasteiger partial charge in [0.15, 0.2) is 5.54 Å². The molecular formula is C18H18N2O2. The van der Waals surface area contributed by atoms with Crippen molar-refractivity contribution in [3.8, 4) is 5.75 Å². The van der Waals surface area contributed by atoms with E-state index in [1.54, 1.807) is 12.0 Å². The zero-order valence-electron chi connectivity index (χ0n) is 13.0. The summed E-state index contributed by atoms with van der Waals surface area (Å²) in [5, 5.41) is 0. The molecule has 4 nitrogen and oxygen atoms in total. The minimum atomic E-state index is -0.625. The molecule has 0 saturated heterocycles. The fraction of sp³-hybridized carbons (Fsp3) is 0.278. The molecule has 2 heterocycles. The number of fused-ring (bicyclic) bond motifs is 3. The molecule has 4 rings (SSSR count). The van der Waals surface area contributed by atoms with Gasteiger partial charge < -0.3 is 14.5 Å². The Morgan fingerprint density at radius 1 is 1.09 bits per heavy atom. The summed E-state index contributed by atoms with van der Waals surface area (Å²) in [4.78, 5) is 17.0. The van der Waals surface area contributed by atoms with Gasteiger partial charge in [-0.15, -0.1) is 0 Å². The average molecular weight is 294 g/mol. The molecule has 0 bridgehead atoms. The molecule has 1 spiro atoms. The third-order valence-corrected chi connectivity index (χ3v) is 5.04. The van der Waals surface area contributed by atoms with Crippen LogP contribution >= 0.6 is 0 Å². The van der Waals surface area contributed by atoms with Crippen LogP contribution in [0.5, 0.6) is 5.75 Å². The van der Waals surface area contributed by atoms with Gasteiger partial charge in [0.1, 0.15) is 5.75 Å². The van der Waals surface area contributed by atoms with Crippen LogP contribution in [0.2, 0.25) is 0 Å². The number of amides is 1. The average Bonchev–Trinajstić information content (AvgIpc) is 2.96. The van der Waals surface area contributed by atoms with Crippen molar-refractivity contribution in [3.63, 3.8) is 0 Å². The summed E-state index contributed by atoms with van der Waals surface area (Å²) in [6.45, 7) is 0. The SMILES string of the molecule is COc1ccc2c(c1)CC1(C(=O)N(C)c3ccccc31)N2C. The first-order valence-electron chi connectivity index (χ1n) is 7.38. The standard InChI is InChI=1S/C18H18N2O2/c1-19-16-7-5-4-6-14(16)18(17(19)21)11-12-10-13(22-3)8-9-15(12)20(18)2/h4-10H,11H2,1-3H3. The lowest BCUT2D eigenvalue weighted by Gasteiger charge is -2.32. The number of methoxy groups -OCH3 is 1. The topological polar surface area (TPSA) is 32.8 Å². The molecule has 0 N–H and O–H groups in total. The van der Waals surface area contributed by atoms with Gasteiger partial charge in [0.05, 0.1) is 7.11 Å². The smallest absolute Gasteiger partial charge is 0.257 e. The third-order valence-electron chi connectivity index (χ3n) is 5.04. The van der Waals surface area contributed by atoms with Gasteiger partial charge in [0.2, 0.25) is 0 Å². The van der Waals surface area contributed by atoms with Gasteiger partial charge in [-0.25, -0.2) is 0 Å². The van der Waals surface area contributed by atoms with E-state index in [0.29, 0.717) is 6.42 Å². The van der Waals surface area contributed by atoms with Crippen molar-refractivity contribution in [2.45, 2.75) is 12.0 Å². The number of likely N-dealkylation sites (N-methyl/N-ethyl adjacent to an activating group) is 2. The number of rotatable bonds is 1. The van der Waals surface area contributed by atoms with E-state index in [9.17, 15) is 4.79 Å². The predicted molar refractivity (Wildman–Crippen MR) is 86.6 cm³/mol. The van der Waals surface area contributed by atoms with E-state index < -0.39 is 5.54 Å². The Morgan fingerprint density at radius 3 is 2.64 bits per heavy atom. The van der Waals surface area contributed by atoms with Gasteiger partial charge in [0.25, 0.3) is 5.91 Å². The number of hydrogen-bond donors (Lipinski definition) is 0. The van der Waals surface area contributed by atoms with Gasteiger partial charge >= 0.3 is 0 Å². The zero-order valence-corrected chi connectivity index (χ0v) is 13.0. The maximum Gasteiger partial charge on any atom is 0.257 e. The first kappa shape index (κ1) is 13.2. The van der Waals surface area contributed by atoms with Gasteiger partial charge in [-0.3, -0.25) is 4.79 Å². The summed E-state index contributed by atoms with van der Waals surface area (Å²) in [6.07, 6.45) is 0.677. The van der Waals surface area contributed by atoms with Crippen molar-refractivity contribution in [1.29, 1.82) is 0 Å². The Hall–Kier alpha value is -2.49. The normalized spacial score (nSPS) is 22.2. The molecule has 2 aliphatic rings. The van der Waals surface area contributed by atoms with Crippen LogP contribution in [0.1, 0.15) is 11.1 Å². The largest absolute Gasteiger partial charge is 0.497 e. The van der Waals surface area contributed by atoms with Crippen LogP contribution in [0, 0.1) is 0 Å². The lowest BCUT2D eigenvalue weighted by atomic mass is 9.87. The summed E-state index contributed by atoms with van der Waals surface area (Å²) < 4.78 is 5.33. The van der Waals surface area contributed by atoms with Crippen molar-refractivity contribution < 1.29 is 9.53 Å². The number of hydrogen-bond acceptors (Lipinski definition) is 3. The van der Waals surface area contributed by atoms with Crippen LogP contribution in [0.15, 0.2) is 42.5 Å². The molecule has 0 radical (unpaired) electrons. The van der Waals surface area contributed by atoms with E-state index >= 15 is 0 Å². The Balaban J connectivity index is 1.92. The Labute approximate surface area is 129 Å². The summed E-state index contributed by atoms with van der Waals surface area (Å²) >= 11 is 0. The maximum absolute atomic E-state index is 13.1. The molecule has 1 unspecified atom stereocenters. The molecule has 0 aromatic heterocycles. The highest BCUT2D eigenvalue weighted by molar-refractivity contribution is 6.10. The minimum Gasteiger partial charge on any atom is -0.497 e. The van der Waals surface area contributed by atoms with E-state index in [-0.39, 0.29) is 5.91 Å². The fourth-order valence-electron chi connectivity index (χ4n) is 3.87. The first-order chi connectivity index (χ1) is 10.6. The van der Waals surface area contributed by atoms with Crippen LogP contribution in [0.25, 0.3) is 0 Å². The van der Waals surface area contributed by atoms with Crippen LogP contribution in [-0.2, 0) is 16.8 Å². The molecule has 112 valence electrons. The van der Waals surface area contributed by atoms with Crippen molar-refractivity contribution in [2.75, 3.05) is 31.0 Å². The second kappa shape index (κ2) is 4.26. The molecule has 4 heteroatoms. The highest BCUT2D eigenvalue weighted by atomic mass is 16.5. The molecule has 2 aromatic rings. The van der Waals surface area contributed by atoms with Gasteiger partial charge in [-0.2, -0.15) is 0 Å². The van der Waals surface area contributed by atoms with Crippen molar-refractivity contribution in [1.82, 2.24) is 0 Å². The van der Waals surface area contributed by atoms with E-state index in [2.05, 4.69) is 11.0 Å². The molecule has 0 saturated carbocycles. The predicted octanol–water partition coefficient (Wildman–Crippen LogP) is 2.56. The summed E-state index contributed by atoms with van der Waals surface area (Å²) in [5.41, 5.74) is 3.71. The first-order valence-corrected chi connectivity index (χ1v) is 7.38. The van der Waals surface area contributed by atoms with E-state index in [1.807, 2.05) is 50.5 Å². The van der Waals surface area contributed by atoms with Crippen LogP contribution < -0.4 is 14.5 Å². The third kappa shape index (κ3) is 1.39. The molecule has 0 fully saturated rings. The number of benzene rings is 2. The lowest BCUT2D eigenvalue weighted by molar-refractivity contribution is -0.122. The van der Waals surface area contributed by atoms with Crippen molar-refractivity contribution >= 4 is 17.3 Å². The molecule has 1 atom stereocenters. The van der Waals surface area contributed by atoms with E-state index in [4.69, 9.17) is 4.74 Å². The summed E-state index contributed by atoms with van der Waals surface area (Å²) in [5.74, 6) is 0.961. The van der Waals surface area contributed by atoms with Crippen LogP contribution in [0.4, 0.5) is 11.4 Å². The Morgan fingerprint density at radius 2 is 1.86 bits per heavy atom. The Bertz CT molecular complexity index is 786. The van der Waals surface area contributed by atoms with Gasteiger partial charge in [-0.1, -0.05) is 18.2 Å².